The first-order chi connectivity index (χ1) is 26.9. The number of benzene rings is 8. The van der Waals surface area contributed by atoms with Crippen molar-refractivity contribution in [2.24, 2.45) is 0 Å². The molecule has 8 aromatic carbocycles. The van der Waals surface area contributed by atoms with Crippen LogP contribution in [0.25, 0.3) is 0 Å². The van der Waals surface area contributed by atoms with Gasteiger partial charge < -0.3 is 0 Å². The number of hydrogen-bond donors (Lipinski definition) is 0. The van der Waals surface area contributed by atoms with E-state index in [0.717, 1.165) is 15.9 Å². The molecular formula is C50H42BrClOP2. The first-order valence-corrected chi connectivity index (χ1v) is 25.9. The summed E-state index contributed by atoms with van der Waals surface area (Å²) in [5.74, 6) is -3.51. The summed E-state index contributed by atoms with van der Waals surface area (Å²) in [6.07, 6.45) is 0.231. The number of rotatable bonds is 10. The van der Waals surface area contributed by atoms with Crippen molar-refractivity contribution >= 4 is 80.9 Å². The van der Waals surface area contributed by atoms with E-state index in [4.69, 9.17) is 11.2 Å². The second kappa shape index (κ2) is 16.4. The molecule has 55 heavy (non-hydrogen) atoms. The summed E-state index contributed by atoms with van der Waals surface area (Å²) in [7, 11) is 0. The van der Waals surface area contributed by atoms with Crippen LogP contribution in [-0.2, 0) is 0 Å². The van der Waals surface area contributed by atoms with Gasteiger partial charge >= 0.3 is 340 Å². The van der Waals surface area contributed by atoms with Crippen molar-refractivity contribution in [3.63, 3.8) is 0 Å². The van der Waals surface area contributed by atoms with Crippen LogP contribution in [0.3, 0.4) is 0 Å². The van der Waals surface area contributed by atoms with Crippen LogP contribution in [0, 0.1) is 0 Å². The first-order valence-electron chi connectivity index (χ1n) is 18.3. The summed E-state index contributed by atoms with van der Waals surface area (Å²) in [6.45, 7) is 0. The fourth-order valence-electron chi connectivity index (χ4n) is 7.65. The van der Waals surface area contributed by atoms with Crippen molar-refractivity contribution in [3.05, 3.63) is 248 Å². The van der Waals surface area contributed by atoms with Gasteiger partial charge in [-0.2, -0.15) is 0 Å². The molecule has 8 aromatic rings. The Bertz CT molecular complexity index is 2170. The molecule has 0 saturated heterocycles. The molecule has 0 heterocycles. The quantitative estimate of drug-likeness (QED) is 0.0991. The topological polar surface area (TPSA) is 17.1 Å². The van der Waals surface area contributed by atoms with Crippen molar-refractivity contribution in [2.45, 2.75) is 0 Å². The Hall–Kier alpha value is -4.94. The number of carbonyl (C=O) groups excluding carboxylic acids is 1. The Morgan fingerprint density at radius 3 is 0.782 bits per heavy atom. The molecule has 0 saturated carbocycles. The maximum absolute atomic E-state index is 13.5. The van der Waals surface area contributed by atoms with E-state index in [9.17, 15) is 4.79 Å². The van der Waals surface area contributed by atoms with E-state index in [1.807, 2.05) is 84.9 Å². The summed E-state index contributed by atoms with van der Waals surface area (Å²) in [5, 5.41) is 5.23. The Kier molecular flexibility index (Phi) is 11.4. The van der Waals surface area contributed by atoms with Gasteiger partial charge in [0.15, 0.2) is 0 Å². The molecule has 0 aliphatic heterocycles. The Labute approximate surface area is 338 Å². The van der Waals surface area contributed by atoms with Gasteiger partial charge in [0, 0.05) is 0 Å². The van der Waals surface area contributed by atoms with Crippen LogP contribution in [0.2, 0.25) is 0 Å². The average Bonchev–Trinajstić information content (AvgIpc) is 3.29. The molecule has 0 radical (unpaired) electrons. The van der Waals surface area contributed by atoms with E-state index in [0.29, 0.717) is 5.56 Å². The van der Waals surface area contributed by atoms with Gasteiger partial charge in [-0.25, -0.2) is 0 Å². The molecule has 0 bridgehead atoms. The van der Waals surface area contributed by atoms with Gasteiger partial charge in [-0.15, -0.1) is 0 Å². The van der Waals surface area contributed by atoms with Crippen molar-refractivity contribution in [2.75, 3.05) is 6.16 Å². The zero-order valence-electron chi connectivity index (χ0n) is 30.4. The van der Waals surface area contributed by atoms with Gasteiger partial charge in [-0.05, 0) is 0 Å². The first kappa shape index (κ1) is 38.3. The Morgan fingerprint density at radius 2 is 0.545 bits per heavy atom. The molecule has 272 valence electrons. The fourth-order valence-corrected chi connectivity index (χ4v) is 21.1. The van der Waals surface area contributed by atoms with Gasteiger partial charge in [0.25, 0.3) is 0 Å². The molecule has 0 atom stereocenters. The van der Waals surface area contributed by atoms with Crippen LogP contribution in [-0.4, -0.2) is 11.9 Å². The second-order valence-electron chi connectivity index (χ2n) is 13.5. The van der Waals surface area contributed by atoms with Crippen molar-refractivity contribution in [3.8, 4) is 0 Å². The molecule has 8 rings (SSSR count). The van der Waals surface area contributed by atoms with E-state index in [2.05, 4.69) is 173 Å². The molecule has 0 aliphatic carbocycles. The third kappa shape index (κ3) is 6.95. The molecular weight excluding hydrogens is 794 g/mol. The molecule has 0 amide bonds. The van der Waals surface area contributed by atoms with Crippen molar-refractivity contribution in [1.29, 1.82) is 0 Å². The van der Waals surface area contributed by atoms with E-state index >= 15 is 0 Å². The standard InChI is InChI=1S/C26H22ClOP.C24H20BrP/c27-29(23-15-7-2-8-16-23,24-17-9-3-10-18-24,25-19-11-4-12-20-25)21-26(28)22-13-5-1-6-14-22;25-26(21-13-5-1-6-14-21,22-15-7-2-8-16-22,23-17-9-3-10-18-23)24-19-11-4-12-20-24/h1-20H,21H2;1-20H. The molecule has 0 spiro atoms. The normalized spacial score (nSPS) is 12.8. The Balaban J connectivity index is 0.000000170. The van der Waals surface area contributed by atoms with Crippen LogP contribution in [0.1, 0.15) is 10.4 Å². The monoisotopic (exact) mass is 834 g/mol. The van der Waals surface area contributed by atoms with Gasteiger partial charge in [-0.3, -0.25) is 0 Å². The summed E-state index contributed by atoms with van der Waals surface area (Å²) in [5.41, 5.74) is 0.685. The van der Waals surface area contributed by atoms with Crippen molar-refractivity contribution in [1.82, 2.24) is 0 Å². The molecule has 0 aliphatic rings. The third-order valence-corrected chi connectivity index (χ3v) is 27.5. The summed E-state index contributed by atoms with van der Waals surface area (Å²) in [4.78, 5) is 13.5. The summed E-state index contributed by atoms with van der Waals surface area (Å²) < 4.78 is 0. The van der Waals surface area contributed by atoms with E-state index in [1.54, 1.807) is 0 Å². The molecule has 0 unspecified atom stereocenters. The number of ketones is 1. The number of carbonyl (C=O) groups is 1. The number of halogens is 2. The van der Waals surface area contributed by atoms with Gasteiger partial charge in [-0.1, -0.05) is 0 Å². The van der Waals surface area contributed by atoms with Gasteiger partial charge in [0.1, 0.15) is 0 Å². The molecule has 0 aromatic heterocycles. The van der Waals surface area contributed by atoms with Gasteiger partial charge in [0.05, 0.1) is 0 Å². The van der Waals surface area contributed by atoms with Gasteiger partial charge in [0.2, 0.25) is 0 Å². The maximum atomic E-state index is 13.5. The SMILES string of the molecule is BrP(c1ccccc1)(c1ccccc1)(c1ccccc1)c1ccccc1.O=C(CP(Cl)(c1ccccc1)(c1ccccc1)c1ccccc1)c1ccccc1. The molecule has 0 N–H and O–H groups in total. The second-order valence-corrected chi connectivity index (χ2v) is 28.3. The van der Waals surface area contributed by atoms with E-state index in [-0.39, 0.29) is 11.9 Å². The molecule has 0 fully saturated rings. The molecule has 5 heteroatoms. The zero-order chi connectivity index (χ0) is 38.1. The zero-order valence-corrected chi connectivity index (χ0v) is 34.5. The van der Waals surface area contributed by atoms with Crippen LogP contribution in [0.4, 0.5) is 0 Å². The van der Waals surface area contributed by atoms with Crippen LogP contribution in [0.15, 0.2) is 243 Å². The third-order valence-electron chi connectivity index (χ3n) is 10.4. The summed E-state index contributed by atoms with van der Waals surface area (Å²) >= 11 is 12.4. The average molecular weight is 836 g/mol. The van der Waals surface area contributed by atoms with E-state index < -0.39 is 11.3 Å². The predicted molar refractivity (Wildman–Crippen MR) is 247 cm³/mol. The minimum absolute atomic E-state index is 0.0508. The number of hydrogen-bond acceptors (Lipinski definition) is 1. The number of Topliss-reactive ketones (excluding diaryl/α,β-unsaturated/α-hetero) is 1. The Morgan fingerprint density at radius 1 is 0.345 bits per heavy atom. The minimum atomic E-state index is -3.56. The van der Waals surface area contributed by atoms with Crippen molar-refractivity contribution < 1.29 is 4.79 Å². The van der Waals surface area contributed by atoms with Crippen LogP contribution in [0.5, 0.6) is 0 Å². The summed E-state index contributed by atoms with van der Waals surface area (Å²) in [6, 6.07) is 83.1. The predicted octanol–water partition coefficient (Wildman–Crippen LogP) is 10.7. The van der Waals surface area contributed by atoms with Crippen LogP contribution >= 0.6 is 38.0 Å². The van der Waals surface area contributed by atoms with Crippen LogP contribution < -0.4 is 37.1 Å². The fraction of sp³-hybridized carbons (Fsp3) is 0.0200. The van der Waals surface area contributed by atoms with E-state index in [1.165, 1.54) is 21.2 Å². The molecule has 1 nitrogen and oxygen atoms in total.